The van der Waals surface area contributed by atoms with Crippen LogP contribution in [0.5, 0.6) is 0 Å². The number of rotatable bonds is 13. The number of H-pyrrole nitrogens is 1. The van der Waals surface area contributed by atoms with Gasteiger partial charge in [-0.05, 0) is 24.0 Å². The third-order valence-electron chi connectivity index (χ3n) is 5.25. The van der Waals surface area contributed by atoms with E-state index >= 15 is 0 Å². The average molecular weight is 489 g/mol. The van der Waals surface area contributed by atoms with Gasteiger partial charge in [0.15, 0.2) is 0 Å². The third-order valence-corrected chi connectivity index (χ3v) is 5.25. The second-order valence-electron chi connectivity index (χ2n) is 8.71. The van der Waals surface area contributed by atoms with Crippen molar-refractivity contribution in [3.05, 3.63) is 36.0 Å². The van der Waals surface area contributed by atoms with Crippen LogP contribution < -0.4 is 27.4 Å². The molecule has 0 bridgehead atoms. The molecule has 0 saturated heterocycles. The van der Waals surface area contributed by atoms with Crippen molar-refractivity contribution < 1.29 is 29.1 Å². The van der Waals surface area contributed by atoms with E-state index < -0.39 is 54.3 Å². The summed E-state index contributed by atoms with van der Waals surface area (Å²) in [6, 6.07) is 3.95. The zero-order valence-electron chi connectivity index (χ0n) is 19.7. The maximum atomic E-state index is 13.0. The largest absolute Gasteiger partial charge is 0.480 e. The van der Waals surface area contributed by atoms with E-state index in [1.165, 1.54) is 0 Å². The third kappa shape index (κ3) is 8.41. The monoisotopic (exact) mass is 488 g/mol. The lowest BCUT2D eigenvalue weighted by Gasteiger charge is -2.22. The van der Waals surface area contributed by atoms with Crippen molar-refractivity contribution in [1.29, 1.82) is 0 Å². The van der Waals surface area contributed by atoms with Gasteiger partial charge in [0.05, 0.1) is 19.0 Å². The topological polar surface area (TPSA) is 210 Å². The summed E-state index contributed by atoms with van der Waals surface area (Å²) in [6.45, 7) is 3.16. The molecule has 4 amide bonds. The number of hydrogen-bond acceptors (Lipinski definition) is 6. The molecule has 3 atom stereocenters. The number of benzene rings is 1. The van der Waals surface area contributed by atoms with E-state index in [-0.39, 0.29) is 25.2 Å². The molecule has 1 aromatic heterocycles. The Balaban J connectivity index is 2.15. The summed E-state index contributed by atoms with van der Waals surface area (Å²) in [5, 5.41) is 17.7. The SMILES string of the molecule is CC(C)CC(NC(=O)C(Cc1c[nH]c2ccccc12)NC(=O)CNC(=O)C(N)CC(N)=O)C(=O)O. The van der Waals surface area contributed by atoms with Crippen LogP contribution in [0, 0.1) is 5.92 Å². The van der Waals surface area contributed by atoms with Gasteiger partial charge in [0.25, 0.3) is 0 Å². The molecule has 0 spiro atoms. The number of carbonyl (C=O) groups is 5. The highest BCUT2D eigenvalue weighted by Crippen LogP contribution is 2.19. The number of hydrogen-bond donors (Lipinski definition) is 7. The molecule has 0 radical (unpaired) electrons. The number of primary amides is 1. The van der Waals surface area contributed by atoms with Gasteiger partial charge in [0.1, 0.15) is 12.1 Å². The number of carbonyl (C=O) groups excluding carboxylic acids is 4. The van der Waals surface area contributed by atoms with Gasteiger partial charge < -0.3 is 37.5 Å². The van der Waals surface area contributed by atoms with Gasteiger partial charge in [-0.3, -0.25) is 19.2 Å². The number of aromatic nitrogens is 1. The van der Waals surface area contributed by atoms with Crippen molar-refractivity contribution in [3.63, 3.8) is 0 Å². The number of nitrogens with one attached hydrogen (secondary N) is 4. The summed E-state index contributed by atoms with van der Waals surface area (Å²) < 4.78 is 0. The Bertz CT molecular complexity index is 1080. The number of aromatic amines is 1. The number of nitrogens with two attached hydrogens (primary N) is 2. The van der Waals surface area contributed by atoms with Crippen molar-refractivity contribution in [1.82, 2.24) is 20.9 Å². The smallest absolute Gasteiger partial charge is 0.326 e. The fraction of sp³-hybridized carbons (Fsp3) is 0.435. The van der Waals surface area contributed by atoms with Crippen LogP contribution >= 0.6 is 0 Å². The lowest BCUT2D eigenvalue weighted by molar-refractivity contribution is -0.142. The second-order valence-corrected chi connectivity index (χ2v) is 8.71. The van der Waals surface area contributed by atoms with Crippen molar-refractivity contribution in [2.24, 2.45) is 17.4 Å². The fourth-order valence-electron chi connectivity index (χ4n) is 3.55. The lowest BCUT2D eigenvalue weighted by atomic mass is 10.0. The minimum absolute atomic E-state index is 0.0119. The van der Waals surface area contributed by atoms with E-state index in [4.69, 9.17) is 11.5 Å². The minimum Gasteiger partial charge on any atom is -0.480 e. The number of para-hydroxylation sites is 1. The summed E-state index contributed by atoms with van der Waals surface area (Å²) in [5.74, 6) is -4.05. The van der Waals surface area contributed by atoms with Crippen molar-refractivity contribution in [2.45, 2.75) is 51.2 Å². The molecule has 0 aliphatic heterocycles. The highest BCUT2D eigenvalue weighted by molar-refractivity contribution is 5.94. The standard InChI is InChI=1S/C23H32N6O6/c1-12(2)7-18(23(34)35)29-22(33)17(8-13-10-26-16-6-4-3-5-14(13)16)28-20(31)11-27-21(32)15(24)9-19(25)30/h3-6,10,12,15,17-18,26H,7-9,11,24H2,1-2H3,(H2,25,30)(H,27,32)(H,28,31)(H,29,33)(H,34,35). The highest BCUT2D eigenvalue weighted by atomic mass is 16.4. The molecule has 0 aliphatic carbocycles. The number of fused-ring (bicyclic) bond motifs is 1. The van der Waals surface area contributed by atoms with Crippen molar-refractivity contribution in [2.75, 3.05) is 6.54 Å². The Morgan fingerprint density at radius 1 is 1.03 bits per heavy atom. The van der Waals surface area contributed by atoms with E-state index in [1.807, 2.05) is 38.1 Å². The molecule has 2 aromatic rings. The summed E-state index contributed by atoms with van der Waals surface area (Å²) in [6.07, 6.45) is 1.61. The van der Waals surface area contributed by atoms with E-state index in [0.717, 1.165) is 16.5 Å². The molecule has 2 rings (SSSR count). The number of carboxylic acid groups (broad SMARTS) is 1. The minimum atomic E-state index is -1.21. The zero-order valence-corrected chi connectivity index (χ0v) is 19.7. The van der Waals surface area contributed by atoms with Gasteiger partial charge in [0.2, 0.25) is 23.6 Å². The summed E-state index contributed by atoms with van der Waals surface area (Å²) in [7, 11) is 0. The quantitative estimate of drug-likeness (QED) is 0.189. The van der Waals surface area contributed by atoms with E-state index in [0.29, 0.717) is 0 Å². The van der Waals surface area contributed by atoms with E-state index in [1.54, 1.807) is 6.20 Å². The Kier molecular flexibility index (Phi) is 9.76. The van der Waals surface area contributed by atoms with Crippen molar-refractivity contribution >= 4 is 40.5 Å². The molecule has 35 heavy (non-hydrogen) atoms. The second kappa shape index (κ2) is 12.5. The first-order valence-electron chi connectivity index (χ1n) is 11.2. The van der Waals surface area contributed by atoms with Crippen LogP contribution in [0.2, 0.25) is 0 Å². The van der Waals surface area contributed by atoms with Gasteiger partial charge in [0, 0.05) is 23.5 Å². The molecular formula is C23H32N6O6. The number of carboxylic acids is 1. The normalized spacial score (nSPS) is 13.6. The maximum absolute atomic E-state index is 13.0. The average Bonchev–Trinajstić information content (AvgIpc) is 3.18. The first-order valence-corrected chi connectivity index (χ1v) is 11.2. The van der Waals surface area contributed by atoms with Crippen LogP contribution in [-0.2, 0) is 30.4 Å². The number of aliphatic carboxylic acids is 1. The van der Waals surface area contributed by atoms with Gasteiger partial charge >= 0.3 is 5.97 Å². The van der Waals surface area contributed by atoms with Crippen LogP contribution in [0.15, 0.2) is 30.5 Å². The lowest BCUT2D eigenvalue weighted by Crippen LogP contribution is -2.54. The molecule has 0 saturated carbocycles. The molecule has 12 heteroatoms. The van der Waals surface area contributed by atoms with Crippen molar-refractivity contribution in [3.8, 4) is 0 Å². The molecule has 1 heterocycles. The highest BCUT2D eigenvalue weighted by Gasteiger charge is 2.28. The molecule has 1 aromatic carbocycles. The Morgan fingerprint density at radius 2 is 1.71 bits per heavy atom. The fourth-order valence-corrected chi connectivity index (χ4v) is 3.55. The number of amides is 4. The van der Waals surface area contributed by atoms with E-state index in [2.05, 4.69) is 20.9 Å². The van der Waals surface area contributed by atoms with Crippen LogP contribution in [0.4, 0.5) is 0 Å². The van der Waals surface area contributed by atoms with Crippen LogP contribution in [-0.4, -0.2) is 64.4 Å². The molecular weight excluding hydrogens is 456 g/mol. The van der Waals surface area contributed by atoms with Crippen LogP contribution in [0.25, 0.3) is 10.9 Å². The summed E-state index contributed by atoms with van der Waals surface area (Å²) >= 11 is 0. The van der Waals surface area contributed by atoms with Gasteiger partial charge in [-0.25, -0.2) is 4.79 Å². The zero-order chi connectivity index (χ0) is 26.1. The van der Waals surface area contributed by atoms with Gasteiger partial charge in [-0.1, -0.05) is 32.0 Å². The Labute approximate surface area is 202 Å². The molecule has 9 N–H and O–H groups in total. The van der Waals surface area contributed by atoms with Gasteiger partial charge in [-0.15, -0.1) is 0 Å². The molecule has 12 nitrogen and oxygen atoms in total. The summed E-state index contributed by atoms with van der Waals surface area (Å²) in [4.78, 5) is 63.2. The first kappa shape index (κ1) is 27.3. The van der Waals surface area contributed by atoms with Crippen LogP contribution in [0.1, 0.15) is 32.3 Å². The Hall–Kier alpha value is -3.93. The molecule has 3 unspecified atom stereocenters. The van der Waals surface area contributed by atoms with Gasteiger partial charge in [-0.2, -0.15) is 0 Å². The maximum Gasteiger partial charge on any atom is 0.326 e. The Morgan fingerprint density at radius 3 is 2.34 bits per heavy atom. The van der Waals surface area contributed by atoms with E-state index in [9.17, 15) is 29.1 Å². The predicted molar refractivity (Wildman–Crippen MR) is 128 cm³/mol. The van der Waals surface area contributed by atoms with Crippen LogP contribution in [0.3, 0.4) is 0 Å². The molecule has 0 fully saturated rings. The summed E-state index contributed by atoms with van der Waals surface area (Å²) in [5.41, 5.74) is 12.1. The molecule has 0 aliphatic rings. The first-order chi connectivity index (χ1) is 16.5. The molecule has 190 valence electrons. The predicted octanol–water partition coefficient (Wildman–Crippen LogP) is -0.870.